The number of carbonyl (C=O) groups is 1. The minimum absolute atomic E-state index is 0.221. The van der Waals surface area contributed by atoms with Crippen LogP contribution in [0.5, 0.6) is 0 Å². The second kappa shape index (κ2) is 5.95. The van der Waals surface area contributed by atoms with Crippen molar-refractivity contribution in [2.45, 2.75) is 51.7 Å². The molecule has 1 saturated carbocycles. The van der Waals surface area contributed by atoms with Gasteiger partial charge in [-0.05, 0) is 26.7 Å². The molecule has 1 aliphatic rings. The van der Waals surface area contributed by atoms with E-state index in [0.29, 0.717) is 11.7 Å². The molecule has 2 N–H and O–H groups in total. The number of alkyl halides is 3. The van der Waals surface area contributed by atoms with Crippen LogP contribution in [-0.4, -0.2) is 25.9 Å². The molecule has 130 valence electrons. The van der Waals surface area contributed by atoms with Crippen LogP contribution in [0.3, 0.4) is 0 Å². The third-order valence-electron chi connectivity index (χ3n) is 4.47. The van der Waals surface area contributed by atoms with Crippen LogP contribution in [-0.2, 0) is 6.18 Å². The van der Waals surface area contributed by atoms with Crippen molar-refractivity contribution in [2.75, 3.05) is 5.32 Å². The third kappa shape index (κ3) is 2.90. The number of hydrogen-bond acceptors (Lipinski definition) is 3. The van der Waals surface area contributed by atoms with Crippen LogP contribution in [0.1, 0.15) is 59.2 Å². The van der Waals surface area contributed by atoms with Gasteiger partial charge in [0.15, 0.2) is 5.69 Å². The van der Waals surface area contributed by atoms with Gasteiger partial charge >= 0.3 is 6.18 Å². The van der Waals surface area contributed by atoms with Gasteiger partial charge in [0.25, 0.3) is 5.91 Å². The molecule has 3 rings (SSSR count). The number of amides is 1. The Balaban J connectivity index is 1.80. The molecule has 0 saturated heterocycles. The van der Waals surface area contributed by atoms with Gasteiger partial charge in [-0.2, -0.15) is 23.4 Å². The summed E-state index contributed by atoms with van der Waals surface area (Å²) < 4.78 is 40.2. The Labute approximate surface area is 136 Å². The average molecular weight is 341 g/mol. The first-order valence-electron chi connectivity index (χ1n) is 7.76. The third-order valence-corrected chi connectivity index (χ3v) is 4.47. The van der Waals surface area contributed by atoms with E-state index in [4.69, 9.17) is 0 Å². The molecule has 6 nitrogen and oxygen atoms in total. The van der Waals surface area contributed by atoms with Crippen molar-refractivity contribution in [2.24, 2.45) is 0 Å². The van der Waals surface area contributed by atoms with Gasteiger partial charge in [-0.3, -0.25) is 14.6 Å². The number of rotatable bonds is 3. The highest BCUT2D eigenvalue weighted by molar-refractivity contribution is 6.04. The van der Waals surface area contributed by atoms with E-state index in [1.54, 1.807) is 0 Å². The number of carbonyl (C=O) groups excluding carboxylic acids is 1. The molecule has 1 amide bonds. The van der Waals surface area contributed by atoms with E-state index < -0.39 is 17.8 Å². The molecule has 0 radical (unpaired) electrons. The van der Waals surface area contributed by atoms with Crippen LogP contribution in [0.25, 0.3) is 0 Å². The highest BCUT2D eigenvalue weighted by Gasteiger charge is 2.37. The van der Waals surface area contributed by atoms with Gasteiger partial charge in [-0.15, -0.1) is 0 Å². The van der Waals surface area contributed by atoms with Gasteiger partial charge in [0.05, 0.1) is 23.6 Å². The number of nitrogens with zero attached hydrogens (tertiary/aromatic N) is 3. The lowest BCUT2D eigenvalue weighted by Crippen LogP contribution is -2.15. The van der Waals surface area contributed by atoms with E-state index in [1.165, 1.54) is 13.1 Å². The first-order valence-corrected chi connectivity index (χ1v) is 7.76. The largest absolute Gasteiger partial charge is 0.433 e. The van der Waals surface area contributed by atoms with Crippen LogP contribution in [0.2, 0.25) is 0 Å². The molecule has 0 aromatic carbocycles. The van der Waals surface area contributed by atoms with Crippen molar-refractivity contribution in [3.8, 4) is 0 Å². The maximum atomic E-state index is 12.8. The summed E-state index contributed by atoms with van der Waals surface area (Å²) >= 11 is 0. The van der Waals surface area contributed by atoms with Gasteiger partial charge in [0, 0.05) is 5.56 Å². The summed E-state index contributed by atoms with van der Waals surface area (Å²) in [6.45, 7) is 3.05. The lowest BCUT2D eigenvalue weighted by atomic mass is 10.2. The van der Waals surface area contributed by atoms with Crippen molar-refractivity contribution in [1.29, 1.82) is 0 Å². The van der Waals surface area contributed by atoms with E-state index >= 15 is 0 Å². The zero-order valence-electron chi connectivity index (χ0n) is 13.4. The lowest BCUT2D eigenvalue weighted by molar-refractivity contribution is -0.141. The number of hydrogen-bond donors (Lipinski definition) is 2. The Morgan fingerprint density at radius 1 is 1.33 bits per heavy atom. The number of aromatic amines is 1. The Morgan fingerprint density at radius 2 is 2.00 bits per heavy atom. The van der Waals surface area contributed by atoms with E-state index in [0.717, 1.165) is 31.4 Å². The van der Waals surface area contributed by atoms with Crippen LogP contribution >= 0.6 is 0 Å². The van der Waals surface area contributed by atoms with Gasteiger partial charge in [-0.1, -0.05) is 12.8 Å². The molecule has 9 heteroatoms. The fraction of sp³-hybridized carbons (Fsp3) is 0.533. The molecule has 2 aromatic rings. The molecule has 0 unspecified atom stereocenters. The first-order chi connectivity index (χ1) is 11.3. The molecule has 1 fully saturated rings. The van der Waals surface area contributed by atoms with E-state index in [9.17, 15) is 18.0 Å². The summed E-state index contributed by atoms with van der Waals surface area (Å²) in [7, 11) is 0. The molecular formula is C15H18F3N5O. The molecular weight excluding hydrogens is 323 g/mol. The summed E-state index contributed by atoms with van der Waals surface area (Å²) in [5, 5.41) is 12.3. The number of halogens is 3. The molecule has 0 aliphatic heterocycles. The maximum absolute atomic E-state index is 12.8. The van der Waals surface area contributed by atoms with Crippen LogP contribution in [0.4, 0.5) is 18.9 Å². The van der Waals surface area contributed by atoms with Crippen molar-refractivity contribution < 1.29 is 18.0 Å². The number of aromatic nitrogens is 4. The highest BCUT2D eigenvalue weighted by Crippen LogP contribution is 2.33. The van der Waals surface area contributed by atoms with Crippen molar-refractivity contribution in [3.05, 3.63) is 28.8 Å². The molecule has 0 spiro atoms. The summed E-state index contributed by atoms with van der Waals surface area (Å²) in [5.74, 6) is -0.687. The fourth-order valence-electron chi connectivity index (χ4n) is 3.14. The second-order valence-corrected chi connectivity index (χ2v) is 6.05. The van der Waals surface area contributed by atoms with Crippen LogP contribution in [0, 0.1) is 13.8 Å². The van der Waals surface area contributed by atoms with Crippen LogP contribution in [0.15, 0.2) is 6.20 Å². The van der Waals surface area contributed by atoms with E-state index in [1.807, 2.05) is 16.7 Å². The summed E-state index contributed by atoms with van der Waals surface area (Å²) in [6, 6.07) is 0.319. The van der Waals surface area contributed by atoms with Crippen molar-refractivity contribution in [3.63, 3.8) is 0 Å². The SMILES string of the molecule is Cc1c(C(=O)Nc2cnn(C3CCCC3)c2C)n[nH]c1C(F)(F)F. The van der Waals surface area contributed by atoms with Crippen LogP contribution < -0.4 is 5.32 Å². The zero-order chi connectivity index (χ0) is 17.5. The first kappa shape index (κ1) is 16.5. The van der Waals surface area contributed by atoms with Crippen molar-refractivity contribution >= 4 is 11.6 Å². The Morgan fingerprint density at radius 3 is 2.58 bits per heavy atom. The quantitative estimate of drug-likeness (QED) is 0.895. The normalized spacial score (nSPS) is 15.9. The van der Waals surface area contributed by atoms with Gasteiger partial charge < -0.3 is 5.32 Å². The Bertz CT molecular complexity index is 756. The highest BCUT2D eigenvalue weighted by atomic mass is 19.4. The lowest BCUT2D eigenvalue weighted by Gasteiger charge is -2.12. The minimum atomic E-state index is -4.57. The molecule has 0 bridgehead atoms. The van der Waals surface area contributed by atoms with E-state index in [-0.39, 0.29) is 11.3 Å². The van der Waals surface area contributed by atoms with Gasteiger partial charge in [-0.25, -0.2) is 0 Å². The number of anilines is 1. The monoisotopic (exact) mass is 341 g/mol. The second-order valence-electron chi connectivity index (χ2n) is 6.05. The standard InChI is InChI=1S/C15H18F3N5O/c1-8-12(21-22-13(8)15(16,17)18)14(24)20-11-7-19-23(9(11)2)10-5-3-4-6-10/h7,10H,3-6H2,1-2H3,(H,20,24)(H,21,22). The summed E-state index contributed by atoms with van der Waals surface area (Å²) in [4.78, 5) is 12.3. The Kier molecular flexibility index (Phi) is 4.10. The minimum Gasteiger partial charge on any atom is -0.318 e. The molecule has 24 heavy (non-hydrogen) atoms. The van der Waals surface area contributed by atoms with E-state index in [2.05, 4.69) is 15.5 Å². The predicted molar refractivity (Wildman–Crippen MR) is 80.7 cm³/mol. The van der Waals surface area contributed by atoms with Gasteiger partial charge in [0.1, 0.15) is 5.69 Å². The molecule has 0 atom stereocenters. The average Bonchev–Trinajstić information content (AvgIpc) is 3.19. The fourth-order valence-corrected chi connectivity index (χ4v) is 3.14. The van der Waals surface area contributed by atoms with Gasteiger partial charge in [0.2, 0.25) is 0 Å². The smallest absolute Gasteiger partial charge is 0.318 e. The number of nitrogens with one attached hydrogen (secondary N) is 2. The number of H-pyrrole nitrogens is 1. The van der Waals surface area contributed by atoms with Crippen molar-refractivity contribution in [1.82, 2.24) is 20.0 Å². The maximum Gasteiger partial charge on any atom is 0.433 e. The predicted octanol–water partition coefficient (Wildman–Crippen LogP) is 3.61. The topological polar surface area (TPSA) is 75.6 Å². The Hall–Kier alpha value is -2.32. The summed E-state index contributed by atoms with van der Waals surface area (Å²) in [6.07, 6.45) is 1.35. The summed E-state index contributed by atoms with van der Waals surface area (Å²) in [5.41, 5.74) is -0.218. The molecule has 2 heterocycles. The molecule has 1 aliphatic carbocycles. The molecule has 2 aromatic heterocycles. The zero-order valence-corrected chi connectivity index (χ0v) is 13.4.